The van der Waals surface area contributed by atoms with Crippen LogP contribution in [0.5, 0.6) is 0 Å². The smallest absolute Gasteiger partial charge is 0.140 e. The molecule has 1 aromatic carbocycles. The van der Waals surface area contributed by atoms with Crippen LogP contribution < -0.4 is 0 Å². The molecule has 2 rings (SSSR count). The molecule has 0 unspecified atom stereocenters. The maximum atomic E-state index is 12.0. The first-order chi connectivity index (χ1) is 9.19. The number of carbonyl (C=O) groups excluding carboxylic acids is 1. The topological polar surface area (TPSA) is 34.9 Å². The molecular weight excluding hydrogens is 236 g/mol. The molecule has 0 fully saturated rings. The number of hydrogen-bond acceptors (Lipinski definition) is 2. The molecule has 0 amide bonds. The van der Waals surface area contributed by atoms with E-state index < -0.39 is 0 Å². The van der Waals surface area contributed by atoms with E-state index in [0.29, 0.717) is 12.8 Å². The predicted octanol–water partition coefficient (Wildman–Crippen LogP) is 2.96. The van der Waals surface area contributed by atoms with Crippen molar-refractivity contribution in [3.63, 3.8) is 0 Å². The number of rotatable bonds is 6. The molecule has 2 aromatic rings. The number of carbonyl (C=O) groups is 1. The first-order valence-electron chi connectivity index (χ1n) is 6.76. The summed E-state index contributed by atoms with van der Waals surface area (Å²) in [6.07, 6.45) is 5.51. The van der Waals surface area contributed by atoms with Crippen LogP contribution in [0.2, 0.25) is 0 Å². The van der Waals surface area contributed by atoms with Gasteiger partial charge in [0.05, 0.1) is 6.42 Å². The Morgan fingerprint density at radius 3 is 2.95 bits per heavy atom. The van der Waals surface area contributed by atoms with Gasteiger partial charge < -0.3 is 4.57 Å². The molecule has 0 radical (unpaired) electrons. The van der Waals surface area contributed by atoms with Crippen molar-refractivity contribution in [2.24, 2.45) is 0 Å². The molecule has 0 spiro atoms. The summed E-state index contributed by atoms with van der Waals surface area (Å²) in [5.41, 5.74) is 2.47. The molecule has 19 heavy (non-hydrogen) atoms. The molecule has 3 heteroatoms. The van der Waals surface area contributed by atoms with Gasteiger partial charge in [0.1, 0.15) is 11.6 Å². The quantitative estimate of drug-likeness (QED) is 0.796. The molecule has 1 aromatic heterocycles. The van der Waals surface area contributed by atoms with E-state index in [1.807, 2.05) is 16.8 Å². The lowest BCUT2D eigenvalue weighted by Gasteiger charge is -2.05. The van der Waals surface area contributed by atoms with Gasteiger partial charge in [0.25, 0.3) is 0 Å². The number of ketones is 1. The van der Waals surface area contributed by atoms with Crippen LogP contribution >= 0.6 is 0 Å². The molecular formula is C16H20N2O. The SMILES string of the molecule is CCn1ccnc1CC(=O)CCc1cccc(C)c1. The maximum absolute atomic E-state index is 12.0. The standard InChI is InChI=1S/C16H20N2O/c1-3-18-10-9-17-16(18)12-15(19)8-7-14-6-4-5-13(2)11-14/h4-6,9-11H,3,7-8,12H2,1-2H3. The maximum Gasteiger partial charge on any atom is 0.140 e. The van der Waals surface area contributed by atoms with E-state index in [4.69, 9.17) is 0 Å². The highest BCUT2D eigenvalue weighted by Crippen LogP contribution is 2.08. The number of aromatic nitrogens is 2. The van der Waals surface area contributed by atoms with E-state index in [2.05, 4.69) is 37.0 Å². The van der Waals surface area contributed by atoms with E-state index >= 15 is 0 Å². The van der Waals surface area contributed by atoms with E-state index in [9.17, 15) is 4.79 Å². The molecule has 0 saturated carbocycles. The summed E-state index contributed by atoms with van der Waals surface area (Å²) in [6.45, 7) is 4.99. The van der Waals surface area contributed by atoms with Gasteiger partial charge in [0.15, 0.2) is 0 Å². The Hall–Kier alpha value is -1.90. The van der Waals surface area contributed by atoms with Gasteiger partial charge in [0.2, 0.25) is 0 Å². The zero-order chi connectivity index (χ0) is 13.7. The first kappa shape index (κ1) is 13.5. The Morgan fingerprint density at radius 2 is 2.21 bits per heavy atom. The van der Waals surface area contributed by atoms with Crippen LogP contribution in [0.15, 0.2) is 36.7 Å². The molecule has 100 valence electrons. The summed E-state index contributed by atoms with van der Waals surface area (Å²) < 4.78 is 2.02. The minimum absolute atomic E-state index is 0.252. The van der Waals surface area contributed by atoms with Gasteiger partial charge in [-0.05, 0) is 25.8 Å². The summed E-state index contributed by atoms with van der Waals surface area (Å²) >= 11 is 0. The van der Waals surface area contributed by atoms with E-state index in [-0.39, 0.29) is 5.78 Å². The van der Waals surface area contributed by atoms with Crippen molar-refractivity contribution in [1.82, 2.24) is 9.55 Å². The van der Waals surface area contributed by atoms with Crippen molar-refractivity contribution in [3.05, 3.63) is 53.6 Å². The summed E-state index contributed by atoms with van der Waals surface area (Å²) in [7, 11) is 0. The zero-order valence-corrected chi connectivity index (χ0v) is 11.6. The average Bonchev–Trinajstić information content (AvgIpc) is 2.84. The van der Waals surface area contributed by atoms with Crippen molar-refractivity contribution in [2.45, 2.75) is 39.7 Å². The van der Waals surface area contributed by atoms with Crippen molar-refractivity contribution < 1.29 is 4.79 Å². The van der Waals surface area contributed by atoms with Gasteiger partial charge in [-0.3, -0.25) is 4.79 Å². The number of benzene rings is 1. The highest BCUT2D eigenvalue weighted by molar-refractivity contribution is 5.80. The second-order valence-electron chi connectivity index (χ2n) is 4.83. The molecule has 3 nitrogen and oxygen atoms in total. The van der Waals surface area contributed by atoms with Crippen LogP contribution in [0.4, 0.5) is 0 Å². The third-order valence-corrected chi connectivity index (χ3v) is 3.27. The Balaban J connectivity index is 1.88. The van der Waals surface area contributed by atoms with Crippen LogP contribution in [0.25, 0.3) is 0 Å². The second-order valence-corrected chi connectivity index (χ2v) is 4.83. The first-order valence-corrected chi connectivity index (χ1v) is 6.76. The number of hydrogen-bond donors (Lipinski definition) is 0. The van der Waals surface area contributed by atoms with Crippen molar-refractivity contribution >= 4 is 5.78 Å². The Kier molecular flexibility index (Phi) is 4.50. The minimum atomic E-state index is 0.252. The molecule has 0 aliphatic rings. The molecule has 1 heterocycles. The fourth-order valence-electron chi connectivity index (χ4n) is 2.21. The molecule has 0 atom stereocenters. The number of imidazole rings is 1. The van der Waals surface area contributed by atoms with Crippen LogP contribution in [-0.2, 0) is 24.2 Å². The number of aryl methyl sites for hydroxylation is 3. The fraction of sp³-hybridized carbons (Fsp3) is 0.375. The average molecular weight is 256 g/mol. The highest BCUT2D eigenvalue weighted by Gasteiger charge is 2.08. The number of nitrogens with zero attached hydrogens (tertiary/aromatic N) is 2. The summed E-state index contributed by atoms with van der Waals surface area (Å²) in [6, 6.07) is 8.33. The lowest BCUT2D eigenvalue weighted by molar-refractivity contribution is -0.118. The summed E-state index contributed by atoms with van der Waals surface area (Å²) in [4.78, 5) is 16.2. The Morgan fingerprint density at radius 1 is 1.37 bits per heavy atom. The van der Waals surface area contributed by atoms with Gasteiger partial charge in [-0.15, -0.1) is 0 Å². The van der Waals surface area contributed by atoms with E-state index in [0.717, 1.165) is 18.8 Å². The van der Waals surface area contributed by atoms with E-state index in [1.54, 1.807) is 6.20 Å². The second kappa shape index (κ2) is 6.32. The van der Waals surface area contributed by atoms with Crippen molar-refractivity contribution in [1.29, 1.82) is 0 Å². The van der Waals surface area contributed by atoms with Gasteiger partial charge >= 0.3 is 0 Å². The molecule has 0 aliphatic heterocycles. The molecule has 0 aliphatic carbocycles. The predicted molar refractivity (Wildman–Crippen MR) is 76.1 cm³/mol. The van der Waals surface area contributed by atoms with Crippen molar-refractivity contribution in [2.75, 3.05) is 0 Å². The van der Waals surface area contributed by atoms with E-state index in [1.165, 1.54) is 11.1 Å². The summed E-state index contributed by atoms with van der Waals surface area (Å²) in [5, 5.41) is 0. The van der Waals surface area contributed by atoms with Crippen LogP contribution in [-0.4, -0.2) is 15.3 Å². The molecule has 0 N–H and O–H groups in total. The van der Waals surface area contributed by atoms with Crippen LogP contribution in [0, 0.1) is 6.92 Å². The minimum Gasteiger partial charge on any atom is -0.335 e. The van der Waals surface area contributed by atoms with Crippen LogP contribution in [0.3, 0.4) is 0 Å². The monoisotopic (exact) mass is 256 g/mol. The lowest BCUT2D eigenvalue weighted by Crippen LogP contribution is -2.10. The highest BCUT2D eigenvalue weighted by atomic mass is 16.1. The third kappa shape index (κ3) is 3.78. The fourth-order valence-corrected chi connectivity index (χ4v) is 2.21. The lowest BCUT2D eigenvalue weighted by atomic mass is 10.0. The van der Waals surface area contributed by atoms with Crippen LogP contribution in [0.1, 0.15) is 30.3 Å². The Labute approximate surface area is 114 Å². The van der Waals surface area contributed by atoms with Gasteiger partial charge in [-0.2, -0.15) is 0 Å². The largest absolute Gasteiger partial charge is 0.335 e. The van der Waals surface area contributed by atoms with Crippen molar-refractivity contribution in [3.8, 4) is 0 Å². The van der Waals surface area contributed by atoms with Gasteiger partial charge in [0, 0.05) is 25.4 Å². The molecule has 0 saturated heterocycles. The normalized spacial score (nSPS) is 10.6. The van der Waals surface area contributed by atoms with Gasteiger partial charge in [-0.1, -0.05) is 29.8 Å². The molecule has 0 bridgehead atoms. The number of Topliss-reactive ketones (excluding diaryl/α,β-unsaturated/α-hetero) is 1. The summed E-state index contributed by atoms with van der Waals surface area (Å²) in [5.74, 6) is 1.12. The zero-order valence-electron chi connectivity index (χ0n) is 11.6. The Bertz CT molecular complexity index is 557. The third-order valence-electron chi connectivity index (χ3n) is 3.27. The van der Waals surface area contributed by atoms with Gasteiger partial charge in [-0.25, -0.2) is 4.98 Å².